The number of carbonyl (C=O) groups is 1. The van der Waals surface area contributed by atoms with E-state index in [1.165, 1.54) is 30.4 Å². The van der Waals surface area contributed by atoms with Crippen molar-refractivity contribution in [3.63, 3.8) is 0 Å². The van der Waals surface area contributed by atoms with Crippen LogP contribution in [-0.4, -0.2) is 39.7 Å². The minimum absolute atomic E-state index is 0.142. The third-order valence-corrected chi connectivity index (χ3v) is 6.01. The van der Waals surface area contributed by atoms with E-state index in [2.05, 4.69) is 40.9 Å². The van der Waals surface area contributed by atoms with Crippen molar-refractivity contribution in [2.75, 3.05) is 25.7 Å². The number of carbonyl (C=O) groups excluding carboxylic acids is 1. The lowest BCUT2D eigenvalue weighted by Gasteiger charge is -2.16. The molecule has 0 saturated carbocycles. The maximum atomic E-state index is 12.2. The van der Waals surface area contributed by atoms with E-state index in [0.717, 1.165) is 25.3 Å². The molecule has 0 unspecified atom stereocenters. The zero-order chi connectivity index (χ0) is 21.7. The maximum Gasteiger partial charge on any atom is 0.337 e. The quantitative estimate of drug-likeness (QED) is 0.369. The van der Waals surface area contributed by atoms with Gasteiger partial charge in [-0.2, -0.15) is 8.42 Å². The fraction of sp³-hybridized carbons (Fsp3) is 0.409. The smallest absolute Gasteiger partial charge is 0.337 e. The van der Waals surface area contributed by atoms with E-state index in [0.29, 0.717) is 17.0 Å². The van der Waals surface area contributed by atoms with Crippen molar-refractivity contribution >= 4 is 21.8 Å². The van der Waals surface area contributed by atoms with E-state index in [1.807, 2.05) is 6.07 Å². The van der Waals surface area contributed by atoms with Gasteiger partial charge in [-0.05, 0) is 46.9 Å². The predicted molar refractivity (Wildman–Crippen MR) is 115 cm³/mol. The van der Waals surface area contributed by atoms with E-state index in [1.54, 1.807) is 12.1 Å². The number of nitrogens with one attached hydrogen (secondary N) is 1. The van der Waals surface area contributed by atoms with Crippen LogP contribution in [0.2, 0.25) is 0 Å². The van der Waals surface area contributed by atoms with E-state index in [9.17, 15) is 13.2 Å². The molecule has 30 heavy (non-hydrogen) atoms. The first-order valence-corrected chi connectivity index (χ1v) is 11.5. The number of hydrogen-bond donors (Lipinski definition) is 1. The molecule has 162 valence electrons. The standard InChI is InChI=1S/C22H28N2O5S/c1-16(2)11-24-12-19-8-9-21(10-20(19)13-24)23-15-29-30(26,27)14-17-4-6-18(7-5-17)22(25)28-3/h4-10,16,23H,11-15H2,1-3H3. The number of rotatable bonds is 9. The fourth-order valence-corrected chi connectivity index (χ4v) is 4.45. The van der Waals surface area contributed by atoms with Gasteiger partial charge in [0.05, 0.1) is 12.7 Å². The molecule has 0 fully saturated rings. The van der Waals surface area contributed by atoms with Crippen LogP contribution in [-0.2, 0) is 37.9 Å². The number of anilines is 1. The van der Waals surface area contributed by atoms with Gasteiger partial charge in [-0.25, -0.2) is 8.98 Å². The Morgan fingerprint density at radius 2 is 1.80 bits per heavy atom. The van der Waals surface area contributed by atoms with Crippen LogP contribution in [0.4, 0.5) is 5.69 Å². The van der Waals surface area contributed by atoms with E-state index < -0.39 is 16.1 Å². The zero-order valence-corrected chi connectivity index (χ0v) is 18.4. The summed E-state index contributed by atoms with van der Waals surface area (Å²) in [6.07, 6.45) is 0. The summed E-state index contributed by atoms with van der Waals surface area (Å²) in [5, 5.41) is 3.02. The van der Waals surface area contributed by atoms with Gasteiger partial charge in [0, 0.05) is 25.3 Å². The van der Waals surface area contributed by atoms with Crippen molar-refractivity contribution in [1.82, 2.24) is 4.90 Å². The number of fused-ring (bicyclic) bond motifs is 1. The van der Waals surface area contributed by atoms with Crippen molar-refractivity contribution in [3.05, 3.63) is 64.7 Å². The lowest BCUT2D eigenvalue weighted by Crippen LogP contribution is -2.21. The highest BCUT2D eigenvalue weighted by molar-refractivity contribution is 7.85. The lowest BCUT2D eigenvalue weighted by atomic mass is 10.1. The molecule has 2 aromatic carbocycles. The molecule has 0 atom stereocenters. The third-order valence-electron chi connectivity index (χ3n) is 4.85. The van der Waals surface area contributed by atoms with Crippen LogP contribution in [0.5, 0.6) is 0 Å². The highest BCUT2D eigenvalue weighted by Crippen LogP contribution is 2.26. The maximum absolute atomic E-state index is 12.2. The molecular weight excluding hydrogens is 404 g/mol. The molecule has 0 saturated heterocycles. The molecule has 1 aliphatic heterocycles. The fourth-order valence-electron chi connectivity index (χ4n) is 3.52. The number of esters is 1. The lowest BCUT2D eigenvalue weighted by molar-refractivity contribution is 0.0600. The van der Waals surface area contributed by atoms with Crippen molar-refractivity contribution < 1.29 is 22.1 Å². The normalized spacial score (nSPS) is 14.0. The number of hydrogen-bond acceptors (Lipinski definition) is 7. The summed E-state index contributed by atoms with van der Waals surface area (Å²) < 4.78 is 34.2. The van der Waals surface area contributed by atoms with Gasteiger partial charge in [0.2, 0.25) is 0 Å². The van der Waals surface area contributed by atoms with Crippen molar-refractivity contribution in [3.8, 4) is 0 Å². The predicted octanol–water partition coefficient (Wildman–Crippen LogP) is 3.36. The van der Waals surface area contributed by atoms with Crippen LogP contribution in [0.15, 0.2) is 42.5 Å². The Balaban J connectivity index is 1.51. The first-order chi connectivity index (χ1) is 14.3. The van der Waals surface area contributed by atoms with Gasteiger partial charge in [0.1, 0.15) is 12.5 Å². The Kier molecular flexibility index (Phi) is 7.12. The van der Waals surface area contributed by atoms with E-state index >= 15 is 0 Å². The van der Waals surface area contributed by atoms with Gasteiger partial charge in [0.25, 0.3) is 10.1 Å². The second kappa shape index (κ2) is 9.59. The summed E-state index contributed by atoms with van der Waals surface area (Å²) in [5.41, 5.74) is 4.30. The molecule has 3 rings (SSSR count). The number of ether oxygens (including phenoxy) is 1. The monoisotopic (exact) mass is 432 g/mol. The van der Waals surface area contributed by atoms with Crippen molar-refractivity contribution in [2.24, 2.45) is 5.92 Å². The topological polar surface area (TPSA) is 84.9 Å². The zero-order valence-electron chi connectivity index (χ0n) is 17.6. The molecule has 0 aliphatic carbocycles. The molecule has 2 aromatic rings. The molecule has 0 bridgehead atoms. The summed E-state index contributed by atoms with van der Waals surface area (Å²) >= 11 is 0. The van der Waals surface area contributed by atoms with Crippen LogP contribution in [0.3, 0.4) is 0 Å². The highest BCUT2D eigenvalue weighted by Gasteiger charge is 2.20. The van der Waals surface area contributed by atoms with Crippen LogP contribution in [0.1, 0.15) is 40.9 Å². The second-order valence-electron chi connectivity index (χ2n) is 7.88. The average Bonchev–Trinajstić information content (AvgIpc) is 3.08. The summed E-state index contributed by atoms with van der Waals surface area (Å²) in [4.78, 5) is 13.9. The van der Waals surface area contributed by atoms with Gasteiger partial charge in [0.15, 0.2) is 0 Å². The molecule has 0 radical (unpaired) electrons. The summed E-state index contributed by atoms with van der Waals surface area (Å²) in [6, 6.07) is 12.3. The first-order valence-electron chi connectivity index (χ1n) is 9.88. The van der Waals surface area contributed by atoms with Crippen LogP contribution in [0.25, 0.3) is 0 Å². The Morgan fingerprint density at radius 3 is 2.47 bits per heavy atom. The average molecular weight is 433 g/mol. The molecule has 8 heteroatoms. The molecule has 1 heterocycles. The Hall–Kier alpha value is -2.42. The minimum Gasteiger partial charge on any atom is -0.465 e. The van der Waals surface area contributed by atoms with Crippen LogP contribution >= 0.6 is 0 Å². The molecule has 1 N–H and O–H groups in total. The minimum atomic E-state index is -3.76. The van der Waals surface area contributed by atoms with Crippen LogP contribution < -0.4 is 5.32 Å². The first kappa shape index (κ1) is 22.3. The van der Waals surface area contributed by atoms with Gasteiger partial charge in [-0.15, -0.1) is 0 Å². The molecule has 0 amide bonds. The molecule has 1 aliphatic rings. The summed E-state index contributed by atoms with van der Waals surface area (Å²) in [6.45, 7) is 7.19. The number of nitrogens with zero attached hydrogens (tertiary/aromatic N) is 1. The SMILES string of the molecule is COC(=O)c1ccc(CS(=O)(=O)OCNc2ccc3c(c2)CN(CC(C)C)C3)cc1. The largest absolute Gasteiger partial charge is 0.465 e. The molecular formula is C22H28N2O5S. The summed E-state index contributed by atoms with van der Waals surface area (Å²) in [7, 11) is -2.47. The Morgan fingerprint density at radius 1 is 1.10 bits per heavy atom. The van der Waals surface area contributed by atoms with Crippen LogP contribution in [0, 0.1) is 5.92 Å². The number of methoxy groups -OCH3 is 1. The molecule has 0 aromatic heterocycles. The highest BCUT2D eigenvalue weighted by atomic mass is 32.2. The molecule has 0 spiro atoms. The van der Waals surface area contributed by atoms with Crippen molar-refractivity contribution in [2.45, 2.75) is 32.7 Å². The van der Waals surface area contributed by atoms with Gasteiger partial charge in [-0.1, -0.05) is 32.0 Å². The summed E-state index contributed by atoms with van der Waals surface area (Å²) in [5.74, 6) is -0.122. The second-order valence-corrected chi connectivity index (χ2v) is 9.52. The van der Waals surface area contributed by atoms with Crippen molar-refractivity contribution in [1.29, 1.82) is 0 Å². The van der Waals surface area contributed by atoms with Gasteiger partial charge >= 0.3 is 5.97 Å². The Labute approximate surface area is 178 Å². The molecule has 7 nitrogen and oxygen atoms in total. The van der Waals surface area contributed by atoms with E-state index in [-0.39, 0.29) is 12.5 Å². The van der Waals surface area contributed by atoms with E-state index in [4.69, 9.17) is 4.18 Å². The number of benzene rings is 2. The van der Waals surface area contributed by atoms with Gasteiger partial charge < -0.3 is 10.1 Å². The Bertz CT molecular complexity index is 987. The van der Waals surface area contributed by atoms with Gasteiger partial charge in [-0.3, -0.25) is 4.90 Å². The third kappa shape index (κ3) is 6.04.